The molecule has 0 aliphatic heterocycles. The summed E-state index contributed by atoms with van der Waals surface area (Å²) in [4.78, 5) is 51.3. The molecule has 4 N–H and O–H groups in total. The van der Waals surface area contributed by atoms with Crippen molar-refractivity contribution < 1.29 is 29.1 Å². The van der Waals surface area contributed by atoms with E-state index in [1.54, 1.807) is 26.3 Å². The fourth-order valence-electron chi connectivity index (χ4n) is 3.72. The third-order valence-electron chi connectivity index (χ3n) is 5.76. The Hall–Kier alpha value is -2.94. The molecule has 1 rings (SSSR count). The Morgan fingerprint density at radius 3 is 2.08 bits per heavy atom. The maximum Gasteiger partial charge on any atom is 0.329 e. The lowest BCUT2D eigenvalue weighted by atomic mass is 9.92. The Bertz CT molecular complexity index is 866. The van der Waals surface area contributed by atoms with Gasteiger partial charge >= 0.3 is 5.97 Å². The summed E-state index contributed by atoms with van der Waals surface area (Å²) in [5.74, 6) is -3.13. The van der Waals surface area contributed by atoms with Crippen molar-refractivity contribution in [3.63, 3.8) is 0 Å². The van der Waals surface area contributed by atoms with Gasteiger partial charge in [0.2, 0.25) is 17.7 Å². The highest BCUT2D eigenvalue weighted by Crippen LogP contribution is 2.17. The summed E-state index contributed by atoms with van der Waals surface area (Å²) < 4.78 is 5.50. The topological polar surface area (TPSA) is 134 Å². The molecule has 3 amide bonds. The second kappa shape index (κ2) is 14.6. The van der Waals surface area contributed by atoms with E-state index in [-0.39, 0.29) is 24.7 Å². The van der Waals surface area contributed by atoms with Gasteiger partial charge in [-0.25, -0.2) is 10.3 Å². The van der Waals surface area contributed by atoms with Crippen LogP contribution in [-0.2, 0) is 30.3 Å². The minimum atomic E-state index is -0.921. The molecular formula is C27H43N3O6. The van der Waals surface area contributed by atoms with E-state index in [2.05, 4.69) is 10.6 Å². The van der Waals surface area contributed by atoms with Crippen LogP contribution in [0.25, 0.3) is 0 Å². The predicted octanol–water partition coefficient (Wildman–Crippen LogP) is 3.14. The van der Waals surface area contributed by atoms with Crippen LogP contribution in [0.5, 0.6) is 0 Å². The molecule has 4 atom stereocenters. The third kappa shape index (κ3) is 11.2. The molecule has 0 aliphatic rings. The van der Waals surface area contributed by atoms with E-state index in [1.165, 1.54) is 0 Å². The molecular weight excluding hydrogens is 462 g/mol. The maximum absolute atomic E-state index is 13.3. The van der Waals surface area contributed by atoms with Crippen molar-refractivity contribution in [2.24, 2.45) is 17.8 Å². The fraction of sp³-hybridized carbons (Fsp3) is 0.630. The molecule has 1 aromatic carbocycles. The van der Waals surface area contributed by atoms with Gasteiger partial charge in [-0.2, -0.15) is 0 Å². The van der Waals surface area contributed by atoms with Gasteiger partial charge in [-0.1, -0.05) is 64.4 Å². The number of nitrogens with one attached hydrogen (secondary N) is 3. The van der Waals surface area contributed by atoms with Crippen molar-refractivity contribution >= 4 is 23.7 Å². The number of benzene rings is 1. The highest BCUT2D eigenvalue weighted by Gasteiger charge is 2.34. The van der Waals surface area contributed by atoms with Gasteiger partial charge in [0, 0.05) is 6.42 Å². The van der Waals surface area contributed by atoms with E-state index in [4.69, 9.17) is 9.94 Å². The average Bonchev–Trinajstić information content (AvgIpc) is 2.80. The first kappa shape index (κ1) is 31.1. The van der Waals surface area contributed by atoms with E-state index >= 15 is 0 Å². The molecule has 9 heteroatoms. The normalized spacial score (nSPS) is 14.8. The van der Waals surface area contributed by atoms with Gasteiger partial charge in [0.15, 0.2) is 0 Å². The zero-order valence-electron chi connectivity index (χ0n) is 22.6. The van der Waals surface area contributed by atoms with Crippen LogP contribution in [0.4, 0.5) is 0 Å². The molecule has 1 unspecified atom stereocenters. The fourth-order valence-corrected chi connectivity index (χ4v) is 3.72. The number of hydrogen-bond acceptors (Lipinski definition) is 6. The van der Waals surface area contributed by atoms with Crippen molar-refractivity contribution in [1.29, 1.82) is 0 Å². The minimum absolute atomic E-state index is 0.117. The van der Waals surface area contributed by atoms with E-state index in [9.17, 15) is 19.2 Å². The Labute approximate surface area is 214 Å². The number of amides is 3. The number of hydroxylamine groups is 1. The Kier molecular flexibility index (Phi) is 12.6. The highest BCUT2D eigenvalue weighted by molar-refractivity contribution is 5.92. The number of carbonyl (C=O) groups excluding carboxylic acids is 4. The molecule has 0 radical (unpaired) electrons. The minimum Gasteiger partial charge on any atom is -0.458 e. The van der Waals surface area contributed by atoms with E-state index in [0.29, 0.717) is 12.8 Å². The molecule has 0 fully saturated rings. The van der Waals surface area contributed by atoms with E-state index in [1.807, 2.05) is 58.0 Å². The van der Waals surface area contributed by atoms with Gasteiger partial charge < -0.3 is 15.4 Å². The van der Waals surface area contributed by atoms with Gasteiger partial charge in [0.1, 0.15) is 17.7 Å². The van der Waals surface area contributed by atoms with Crippen LogP contribution in [-0.4, -0.2) is 46.6 Å². The molecule has 9 nitrogen and oxygen atoms in total. The highest BCUT2D eigenvalue weighted by atomic mass is 16.6. The molecule has 0 heterocycles. The number of carbonyl (C=O) groups is 4. The largest absolute Gasteiger partial charge is 0.458 e. The quantitative estimate of drug-likeness (QED) is 0.185. The first-order valence-corrected chi connectivity index (χ1v) is 12.6. The van der Waals surface area contributed by atoms with Crippen LogP contribution in [0.2, 0.25) is 0 Å². The van der Waals surface area contributed by atoms with Gasteiger partial charge in [-0.05, 0) is 51.0 Å². The van der Waals surface area contributed by atoms with Crippen molar-refractivity contribution in [3.8, 4) is 0 Å². The number of ether oxygens (including phenoxy) is 1. The standard InChI is InChI=1S/C27H43N3O6/c1-8-18(4)23(25(33)28-21(14-17(2)3)26(34)36-27(5,6)7)29-24(32)20(16-22(31)30-35)15-19-12-10-9-11-13-19/h9-13,17-18,20-21,23,35H,8,14-16H2,1-7H3,(H,28,33)(H,29,32)(H,30,31)/t18-,20?,21-,23-/m0/s1. The summed E-state index contributed by atoms with van der Waals surface area (Å²) in [6.45, 7) is 12.9. The summed E-state index contributed by atoms with van der Waals surface area (Å²) in [6, 6.07) is 7.41. The van der Waals surface area contributed by atoms with Gasteiger partial charge in [-0.3, -0.25) is 19.6 Å². The second-order valence-corrected chi connectivity index (χ2v) is 10.7. The third-order valence-corrected chi connectivity index (χ3v) is 5.76. The van der Waals surface area contributed by atoms with Crippen molar-refractivity contribution in [1.82, 2.24) is 16.1 Å². The zero-order chi connectivity index (χ0) is 27.5. The molecule has 202 valence electrons. The SMILES string of the molecule is CC[C@H](C)[C@H](NC(=O)C(CC(=O)NO)Cc1ccccc1)C(=O)N[C@@H](CC(C)C)C(=O)OC(C)(C)C. The van der Waals surface area contributed by atoms with E-state index in [0.717, 1.165) is 5.56 Å². The summed E-state index contributed by atoms with van der Waals surface area (Å²) >= 11 is 0. The number of hydrogen-bond donors (Lipinski definition) is 4. The smallest absolute Gasteiger partial charge is 0.329 e. The lowest BCUT2D eigenvalue weighted by Crippen LogP contribution is -2.56. The Morgan fingerprint density at radius 2 is 1.58 bits per heavy atom. The Morgan fingerprint density at radius 1 is 0.972 bits per heavy atom. The van der Waals surface area contributed by atoms with Gasteiger partial charge in [0.25, 0.3) is 0 Å². The van der Waals surface area contributed by atoms with Crippen LogP contribution < -0.4 is 16.1 Å². The number of rotatable bonds is 13. The first-order chi connectivity index (χ1) is 16.8. The molecule has 0 saturated carbocycles. The molecule has 0 bridgehead atoms. The summed E-state index contributed by atoms with van der Waals surface area (Å²) in [5.41, 5.74) is 1.71. The van der Waals surface area contributed by atoms with Crippen LogP contribution in [0, 0.1) is 17.8 Å². The van der Waals surface area contributed by atoms with Crippen molar-refractivity contribution in [2.45, 2.75) is 91.8 Å². The molecule has 1 aromatic rings. The molecule has 36 heavy (non-hydrogen) atoms. The molecule has 0 spiro atoms. The molecule has 0 saturated heterocycles. The first-order valence-electron chi connectivity index (χ1n) is 12.6. The zero-order valence-corrected chi connectivity index (χ0v) is 22.6. The monoisotopic (exact) mass is 505 g/mol. The summed E-state index contributed by atoms with van der Waals surface area (Å²) in [7, 11) is 0. The van der Waals surface area contributed by atoms with Crippen LogP contribution in [0.1, 0.15) is 73.3 Å². The van der Waals surface area contributed by atoms with Crippen LogP contribution >= 0.6 is 0 Å². The summed E-state index contributed by atoms with van der Waals surface area (Å²) in [6.07, 6.45) is 0.984. The lowest BCUT2D eigenvalue weighted by molar-refractivity contribution is -0.159. The number of esters is 1. The average molecular weight is 506 g/mol. The molecule has 0 aliphatic carbocycles. The van der Waals surface area contributed by atoms with Gasteiger partial charge in [0.05, 0.1) is 5.92 Å². The summed E-state index contributed by atoms with van der Waals surface area (Å²) in [5, 5.41) is 14.6. The van der Waals surface area contributed by atoms with E-state index < -0.39 is 47.3 Å². The maximum atomic E-state index is 13.3. The van der Waals surface area contributed by atoms with Gasteiger partial charge in [-0.15, -0.1) is 0 Å². The van der Waals surface area contributed by atoms with Crippen LogP contribution in [0.3, 0.4) is 0 Å². The van der Waals surface area contributed by atoms with Crippen molar-refractivity contribution in [2.75, 3.05) is 0 Å². The van der Waals surface area contributed by atoms with Crippen LogP contribution in [0.15, 0.2) is 30.3 Å². The Balaban J connectivity index is 3.11. The second-order valence-electron chi connectivity index (χ2n) is 10.7. The van der Waals surface area contributed by atoms with Crippen molar-refractivity contribution in [3.05, 3.63) is 35.9 Å². The molecule has 0 aromatic heterocycles. The predicted molar refractivity (Wildman–Crippen MR) is 137 cm³/mol. The lowest BCUT2D eigenvalue weighted by Gasteiger charge is -2.29.